The molecule has 94 valence electrons. The van der Waals surface area contributed by atoms with E-state index in [0.717, 1.165) is 3.70 Å². The summed E-state index contributed by atoms with van der Waals surface area (Å²) in [6.45, 7) is 2.59. The third-order valence-electron chi connectivity index (χ3n) is 2.62. The molecule has 0 saturated heterocycles. The van der Waals surface area contributed by atoms with E-state index in [1.54, 1.807) is 28.8 Å². The van der Waals surface area contributed by atoms with E-state index in [1.807, 2.05) is 13.0 Å². The van der Waals surface area contributed by atoms with Crippen LogP contribution in [0.3, 0.4) is 0 Å². The molecule has 0 spiro atoms. The van der Waals surface area contributed by atoms with Gasteiger partial charge in [0, 0.05) is 37.1 Å². The highest BCUT2D eigenvalue weighted by molar-refractivity contribution is 14.1. The Morgan fingerprint density at radius 3 is 2.67 bits per heavy atom. The van der Waals surface area contributed by atoms with E-state index in [2.05, 4.69) is 32.8 Å². The molecule has 18 heavy (non-hydrogen) atoms. The van der Waals surface area contributed by atoms with Gasteiger partial charge in [0.25, 0.3) is 0 Å². The second kappa shape index (κ2) is 5.07. The van der Waals surface area contributed by atoms with E-state index in [9.17, 15) is 5.11 Å². The van der Waals surface area contributed by atoms with Gasteiger partial charge >= 0.3 is 0 Å². The molecule has 1 N–H and O–H groups in total. The molecular weight excluding hydrogens is 345 g/mol. The number of hydrogen-bond acceptors (Lipinski definition) is 4. The number of rotatable bonds is 3. The average molecular weight is 357 g/mol. The lowest BCUT2D eigenvalue weighted by atomic mass is 10.1. The van der Waals surface area contributed by atoms with Crippen molar-refractivity contribution in [2.75, 3.05) is 0 Å². The molecule has 1 unspecified atom stereocenters. The summed E-state index contributed by atoms with van der Waals surface area (Å²) in [6.07, 6.45) is 2.57. The van der Waals surface area contributed by atoms with Crippen molar-refractivity contribution in [3.05, 3.63) is 32.9 Å². The molecule has 0 aromatic carbocycles. The lowest BCUT2D eigenvalue weighted by Crippen LogP contribution is -2.01. The van der Waals surface area contributed by atoms with Gasteiger partial charge in [-0.3, -0.25) is 9.36 Å². The van der Waals surface area contributed by atoms with E-state index >= 15 is 0 Å². The lowest BCUT2D eigenvalue weighted by Gasteiger charge is -2.06. The van der Waals surface area contributed by atoms with Crippen molar-refractivity contribution in [1.29, 1.82) is 5.26 Å². The molecule has 6 nitrogen and oxygen atoms in total. The molecule has 7 heteroatoms. The van der Waals surface area contributed by atoms with Crippen molar-refractivity contribution in [3.63, 3.8) is 0 Å². The molecule has 0 amide bonds. The van der Waals surface area contributed by atoms with Crippen molar-refractivity contribution >= 4 is 22.6 Å². The zero-order valence-corrected chi connectivity index (χ0v) is 12.2. The minimum absolute atomic E-state index is 0.254. The predicted molar refractivity (Wildman–Crippen MR) is 72.6 cm³/mol. The first-order chi connectivity index (χ1) is 8.56. The van der Waals surface area contributed by atoms with Crippen LogP contribution in [0.1, 0.15) is 29.8 Å². The van der Waals surface area contributed by atoms with Gasteiger partial charge < -0.3 is 5.11 Å². The summed E-state index contributed by atoms with van der Waals surface area (Å²) in [5.74, 6) is 0. The van der Waals surface area contributed by atoms with Crippen LogP contribution in [0.4, 0.5) is 0 Å². The van der Waals surface area contributed by atoms with Crippen molar-refractivity contribution in [1.82, 2.24) is 19.6 Å². The summed E-state index contributed by atoms with van der Waals surface area (Å²) in [4.78, 5) is 0. The standard InChI is InChI=1S/C11H12IN5O/c1-3-17-6-7(9(4-13)14-17)10(18)8-5-16(2)15-11(8)12/h5-6,10,18H,3H2,1-2H3. The molecule has 0 aliphatic rings. The lowest BCUT2D eigenvalue weighted by molar-refractivity contribution is 0.219. The van der Waals surface area contributed by atoms with E-state index in [1.165, 1.54) is 0 Å². The van der Waals surface area contributed by atoms with Gasteiger partial charge in [-0.15, -0.1) is 0 Å². The number of halogens is 1. The minimum Gasteiger partial charge on any atom is -0.383 e. The summed E-state index contributed by atoms with van der Waals surface area (Å²) in [6, 6.07) is 2.01. The summed E-state index contributed by atoms with van der Waals surface area (Å²) in [5, 5.41) is 27.7. The first-order valence-corrected chi connectivity index (χ1v) is 6.49. The molecule has 0 fully saturated rings. The van der Waals surface area contributed by atoms with Crippen LogP contribution in [0.2, 0.25) is 0 Å². The summed E-state index contributed by atoms with van der Waals surface area (Å²) >= 11 is 2.06. The molecule has 0 aliphatic carbocycles. The largest absolute Gasteiger partial charge is 0.383 e. The van der Waals surface area contributed by atoms with Crippen molar-refractivity contribution in [2.45, 2.75) is 19.6 Å². The van der Waals surface area contributed by atoms with Crippen LogP contribution in [0.15, 0.2) is 12.4 Å². The maximum Gasteiger partial charge on any atom is 0.168 e. The molecule has 2 aromatic rings. The Morgan fingerprint density at radius 1 is 1.44 bits per heavy atom. The highest BCUT2D eigenvalue weighted by atomic mass is 127. The number of aliphatic hydroxyl groups is 1. The van der Waals surface area contributed by atoms with Gasteiger partial charge in [0.15, 0.2) is 5.69 Å². The quantitative estimate of drug-likeness (QED) is 0.838. The second-order valence-electron chi connectivity index (χ2n) is 3.85. The Morgan fingerprint density at radius 2 is 2.17 bits per heavy atom. The van der Waals surface area contributed by atoms with Crippen LogP contribution >= 0.6 is 22.6 Å². The first kappa shape index (κ1) is 13.0. The number of nitrogens with zero attached hydrogens (tertiary/aromatic N) is 5. The fraction of sp³-hybridized carbons (Fsp3) is 0.364. The van der Waals surface area contributed by atoms with Crippen LogP contribution in [0, 0.1) is 15.0 Å². The third kappa shape index (κ3) is 2.26. The van der Waals surface area contributed by atoms with Gasteiger partial charge in [0.05, 0.1) is 0 Å². The van der Waals surface area contributed by atoms with Crippen LogP contribution < -0.4 is 0 Å². The zero-order valence-electron chi connectivity index (χ0n) is 10.0. The molecule has 2 rings (SSSR count). The van der Waals surface area contributed by atoms with Crippen molar-refractivity contribution in [3.8, 4) is 6.07 Å². The summed E-state index contributed by atoms with van der Waals surface area (Å²) in [5.41, 5.74) is 1.46. The number of nitriles is 1. The predicted octanol–water partition coefficient (Wildman–Crippen LogP) is 1.19. The fourth-order valence-electron chi connectivity index (χ4n) is 1.72. The maximum atomic E-state index is 10.3. The van der Waals surface area contributed by atoms with E-state index in [0.29, 0.717) is 17.7 Å². The fourth-order valence-corrected chi connectivity index (χ4v) is 2.49. The van der Waals surface area contributed by atoms with E-state index in [4.69, 9.17) is 5.26 Å². The molecule has 0 radical (unpaired) electrons. The zero-order chi connectivity index (χ0) is 13.3. The monoisotopic (exact) mass is 357 g/mol. The molecule has 0 aliphatic heterocycles. The smallest absolute Gasteiger partial charge is 0.168 e. The van der Waals surface area contributed by atoms with Gasteiger partial charge in [-0.25, -0.2) is 0 Å². The normalized spacial score (nSPS) is 12.4. The van der Waals surface area contributed by atoms with Crippen LogP contribution in [0.25, 0.3) is 0 Å². The third-order valence-corrected chi connectivity index (χ3v) is 3.46. The minimum atomic E-state index is -0.874. The van der Waals surface area contributed by atoms with Gasteiger partial charge in [0.2, 0.25) is 0 Å². The molecular formula is C11H12IN5O. The Bertz CT molecular complexity index is 609. The van der Waals surface area contributed by atoms with Crippen molar-refractivity contribution < 1.29 is 5.11 Å². The number of aromatic nitrogens is 4. The number of aryl methyl sites for hydroxylation is 2. The highest BCUT2D eigenvalue weighted by Crippen LogP contribution is 2.27. The van der Waals surface area contributed by atoms with Crippen molar-refractivity contribution in [2.24, 2.45) is 7.05 Å². The van der Waals surface area contributed by atoms with Crippen LogP contribution in [-0.4, -0.2) is 24.7 Å². The van der Waals surface area contributed by atoms with Crippen LogP contribution in [-0.2, 0) is 13.6 Å². The first-order valence-electron chi connectivity index (χ1n) is 5.41. The number of hydrogen-bond donors (Lipinski definition) is 1. The van der Waals surface area contributed by atoms with Gasteiger partial charge in [0.1, 0.15) is 15.9 Å². The Balaban J connectivity index is 2.45. The molecule has 0 saturated carbocycles. The van der Waals surface area contributed by atoms with Crippen LogP contribution in [0.5, 0.6) is 0 Å². The summed E-state index contributed by atoms with van der Waals surface area (Å²) in [7, 11) is 1.79. The molecule has 0 bridgehead atoms. The Labute approximate surface area is 118 Å². The van der Waals surface area contributed by atoms with Gasteiger partial charge in [-0.1, -0.05) is 0 Å². The highest BCUT2D eigenvalue weighted by Gasteiger charge is 2.22. The number of aliphatic hydroxyl groups excluding tert-OH is 1. The Kier molecular flexibility index (Phi) is 3.68. The van der Waals surface area contributed by atoms with E-state index in [-0.39, 0.29) is 5.69 Å². The maximum absolute atomic E-state index is 10.3. The molecule has 1 atom stereocenters. The van der Waals surface area contributed by atoms with Gasteiger partial charge in [-0.05, 0) is 29.5 Å². The molecule has 2 heterocycles. The van der Waals surface area contributed by atoms with Gasteiger partial charge in [-0.2, -0.15) is 15.5 Å². The second-order valence-corrected chi connectivity index (χ2v) is 4.87. The molecule has 2 aromatic heterocycles. The Hall–Kier alpha value is -1.40. The van der Waals surface area contributed by atoms with E-state index < -0.39 is 6.10 Å². The average Bonchev–Trinajstić information content (AvgIpc) is 2.91. The summed E-state index contributed by atoms with van der Waals surface area (Å²) < 4.78 is 3.99. The SMILES string of the molecule is CCn1cc(C(O)c2cn(C)nc2I)c(C#N)n1. The topological polar surface area (TPSA) is 79.7 Å².